The van der Waals surface area contributed by atoms with Crippen molar-refractivity contribution >= 4 is 11.8 Å². The summed E-state index contributed by atoms with van der Waals surface area (Å²) in [4.78, 5) is 15.9. The Bertz CT molecular complexity index is 1740. The quantitative estimate of drug-likeness (QED) is 0.132. The van der Waals surface area contributed by atoms with E-state index in [4.69, 9.17) is 4.98 Å². The fourth-order valence-corrected chi connectivity index (χ4v) is 5.86. The molecule has 230 valence electrons. The Morgan fingerprint density at radius 1 is 1.07 bits per heavy atom. The number of H-pyrrole nitrogens is 1. The molecule has 5 aromatic rings. The second-order valence-corrected chi connectivity index (χ2v) is 11.4. The summed E-state index contributed by atoms with van der Waals surface area (Å²) < 4.78 is 1.77. The van der Waals surface area contributed by atoms with Crippen molar-refractivity contribution in [3.63, 3.8) is 0 Å². The first-order valence-corrected chi connectivity index (χ1v) is 15.2. The van der Waals surface area contributed by atoms with Gasteiger partial charge in [0, 0.05) is 49.2 Å². The van der Waals surface area contributed by atoms with Gasteiger partial charge in [-0.05, 0) is 62.8 Å². The van der Waals surface area contributed by atoms with Gasteiger partial charge in [-0.2, -0.15) is 15.5 Å². The van der Waals surface area contributed by atoms with Crippen LogP contribution in [0.25, 0.3) is 22.5 Å². The molecule has 0 radical (unpaired) electrons. The number of benzene rings is 1. The van der Waals surface area contributed by atoms with Crippen LogP contribution in [0, 0.1) is 18.3 Å². The van der Waals surface area contributed by atoms with Gasteiger partial charge in [-0.15, -0.1) is 0 Å². The van der Waals surface area contributed by atoms with Gasteiger partial charge in [0.1, 0.15) is 17.6 Å². The maximum Gasteiger partial charge on any atom is 0.223 e. The van der Waals surface area contributed by atoms with E-state index < -0.39 is 6.35 Å². The lowest BCUT2D eigenvalue weighted by atomic mass is 10.1. The zero-order chi connectivity index (χ0) is 31.2. The van der Waals surface area contributed by atoms with Crippen LogP contribution in [-0.2, 0) is 13.6 Å². The molecule has 1 fully saturated rings. The number of aromatic nitrogens is 7. The lowest BCUT2D eigenvalue weighted by Gasteiger charge is -2.36. The maximum atomic E-state index is 11.5. The van der Waals surface area contributed by atoms with Gasteiger partial charge in [-0.1, -0.05) is 30.3 Å². The molecular weight excluding hydrogens is 566 g/mol. The molecule has 0 spiro atoms. The largest absolute Gasteiger partial charge is 0.361 e. The number of aryl methyl sites for hydroxylation is 2. The number of nitrogens with one attached hydrogen (secondary N) is 3. The van der Waals surface area contributed by atoms with Crippen molar-refractivity contribution in [1.29, 1.82) is 5.26 Å². The zero-order valence-corrected chi connectivity index (χ0v) is 25.4. The normalized spacial score (nSPS) is 17.3. The number of anilines is 2. The Morgan fingerprint density at radius 2 is 1.93 bits per heavy atom. The average Bonchev–Trinajstić information content (AvgIpc) is 3.64. The Kier molecular flexibility index (Phi) is 9.09. The molecule has 4 heterocycles. The number of nitrogens with zero attached hydrogens (tertiary/aromatic N) is 8. The van der Waals surface area contributed by atoms with Crippen LogP contribution in [0.4, 0.5) is 11.8 Å². The van der Waals surface area contributed by atoms with Gasteiger partial charge in [0.05, 0.1) is 29.3 Å². The first-order valence-electron chi connectivity index (χ1n) is 15.2. The number of nitriles is 1. The Morgan fingerprint density at radius 3 is 2.64 bits per heavy atom. The van der Waals surface area contributed by atoms with Crippen molar-refractivity contribution in [1.82, 2.24) is 40.2 Å². The lowest BCUT2D eigenvalue weighted by Crippen LogP contribution is -2.51. The van der Waals surface area contributed by atoms with Gasteiger partial charge in [0.25, 0.3) is 0 Å². The summed E-state index contributed by atoms with van der Waals surface area (Å²) in [6, 6.07) is 18.3. The number of pyridine rings is 1. The van der Waals surface area contributed by atoms with Crippen LogP contribution in [-0.4, -0.2) is 58.5 Å². The van der Waals surface area contributed by atoms with Crippen LogP contribution in [0.3, 0.4) is 0 Å². The Labute approximate surface area is 262 Å². The zero-order valence-electron chi connectivity index (χ0n) is 25.4. The van der Waals surface area contributed by atoms with Crippen LogP contribution in [0.5, 0.6) is 0 Å². The van der Waals surface area contributed by atoms with Crippen molar-refractivity contribution in [2.24, 2.45) is 7.05 Å². The molecule has 1 unspecified atom stereocenters. The van der Waals surface area contributed by atoms with Gasteiger partial charge >= 0.3 is 0 Å². The average molecular weight is 604 g/mol. The minimum absolute atomic E-state index is 0.0530. The van der Waals surface area contributed by atoms with Crippen molar-refractivity contribution in [2.75, 3.05) is 10.2 Å². The van der Waals surface area contributed by atoms with E-state index in [1.165, 1.54) is 0 Å². The number of hydrogen-bond donors (Lipinski definition) is 4. The molecular formula is C33H37N11O. The van der Waals surface area contributed by atoms with E-state index >= 15 is 0 Å². The molecule has 1 aromatic carbocycles. The summed E-state index contributed by atoms with van der Waals surface area (Å²) in [5.74, 6) is 1.19. The molecule has 1 saturated carbocycles. The minimum atomic E-state index is -0.932. The molecule has 1 aliphatic carbocycles. The molecule has 6 rings (SSSR count). The highest BCUT2D eigenvalue weighted by molar-refractivity contribution is 5.64. The lowest BCUT2D eigenvalue weighted by molar-refractivity contribution is 0.116. The molecule has 4 aromatic heterocycles. The number of rotatable bonds is 10. The van der Waals surface area contributed by atoms with E-state index in [9.17, 15) is 10.4 Å². The van der Waals surface area contributed by atoms with Crippen LogP contribution >= 0.6 is 0 Å². The first-order chi connectivity index (χ1) is 22.0. The van der Waals surface area contributed by atoms with E-state index in [1.54, 1.807) is 10.9 Å². The van der Waals surface area contributed by atoms with E-state index in [0.29, 0.717) is 35.3 Å². The first kappa shape index (κ1) is 29.9. The van der Waals surface area contributed by atoms with E-state index in [2.05, 4.69) is 42.0 Å². The summed E-state index contributed by atoms with van der Waals surface area (Å²) in [6.07, 6.45) is 10.7. The van der Waals surface area contributed by atoms with Crippen molar-refractivity contribution in [3.8, 4) is 28.6 Å². The van der Waals surface area contributed by atoms with Gasteiger partial charge in [-0.3, -0.25) is 15.1 Å². The highest BCUT2D eigenvalue weighted by Gasteiger charge is 2.29. The van der Waals surface area contributed by atoms with Crippen LogP contribution in [0.2, 0.25) is 0 Å². The minimum Gasteiger partial charge on any atom is -0.361 e. The predicted molar refractivity (Wildman–Crippen MR) is 172 cm³/mol. The summed E-state index contributed by atoms with van der Waals surface area (Å²) in [7, 11) is 1.89. The van der Waals surface area contributed by atoms with Gasteiger partial charge in [0.2, 0.25) is 5.95 Å². The van der Waals surface area contributed by atoms with Crippen LogP contribution in [0.15, 0.2) is 73.3 Å². The molecule has 0 amide bonds. The van der Waals surface area contributed by atoms with Crippen molar-refractivity contribution < 1.29 is 5.11 Å². The summed E-state index contributed by atoms with van der Waals surface area (Å²) >= 11 is 0. The topological polar surface area (TPSA) is 156 Å². The highest BCUT2D eigenvalue weighted by atomic mass is 16.3. The third-order valence-corrected chi connectivity index (χ3v) is 8.18. The Hall–Kier alpha value is -5.12. The fraction of sp³-hybridized carbons (Fsp3) is 0.333. The maximum absolute atomic E-state index is 11.5. The standard InChI is InChI=1S/C33H37N11O/c1-22-15-29(42-41-22)31-25(16-34)19-36-32(40-31)39-27-9-6-10-28(13-12-27)44(33(45)37-17-23-7-4-3-5-8-23)30-14-11-24(18-35-30)26-20-38-43(2)21-26/h3-5,7-8,11,14-15,18-21,27-28,33,37,45H,6,9-10,12-13,17H2,1-2H3,(H,41,42)(H,36,39,40)/t27-,28+,33?/m0/s1. The molecule has 45 heavy (non-hydrogen) atoms. The fourth-order valence-electron chi connectivity index (χ4n) is 5.86. The van der Waals surface area contributed by atoms with Crippen LogP contribution < -0.4 is 15.5 Å². The SMILES string of the molecule is Cc1cc(-c2nc(N[C@H]3CCC[C@@H](N(c4ccc(-c5cnn(C)c5)cn4)C(O)NCc4ccccc4)CC3)ncc2C#N)[nH]n1. The molecule has 4 N–H and O–H groups in total. The highest BCUT2D eigenvalue weighted by Crippen LogP contribution is 2.30. The number of aliphatic hydroxyl groups is 1. The monoisotopic (exact) mass is 603 g/mol. The molecule has 0 saturated heterocycles. The molecule has 0 bridgehead atoms. The summed E-state index contributed by atoms with van der Waals surface area (Å²) in [5, 5.41) is 39.4. The van der Waals surface area contributed by atoms with Crippen LogP contribution in [0.1, 0.15) is 48.9 Å². The third-order valence-electron chi connectivity index (χ3n) is 8.18. The second kappa shape index (κ2) is 13.7. The van der Waals surface area contributed by atoms with E-state index in [1.807, 2.05) is 86.0 Å². The number of aromatic amines is 1. The van der Waals surface area contributed by atoms with Gasteiger partial charge < -0.3 is 15.3 Å². The smallest absolute Gasteiger partial charge is 0.223 e. The Balaban J connectivity index is 1.19. The number of hydrogen-bond acceptors (Lipinski definition) is 10. The third kappa shape index (κ3) is 7.17. The predicted octanol–water partition coefficient (Wildman–Crippen LogP) is 4.53. The summed E-state index contributed by atoms with van der Waals surface area (Å²) in [5.41, 5.74) is 5.48. The molecule has 12 heteroatoms. The summed E-state index contributed by atoms with van der Waals surface area (Å²) in [6.45, 7) is 2.41. The number of aliphatic hydroxyl groups excluding tert-OH is 1. The molecule has 1 aliphatic rings. The van der Waals surface area contributed by atoms with Gasteiger partial charge in [-0.25, -0.2) is 15.0 Å². The molecule has 0 aliphatic heterocycles. The molecule has 3 atom stereocenters. The second-order valence-electron chi connectivity index (χ2n) is 11.4. The van der Waals surface area contributed by atoms with E-state index in [-0.39, 0.29) is 12.1 Å². The van der Waals surface area contributed by atoms with Crippen molar-refractivity contribution in [3.05, 3.63) is 90.1 Å². The van der Waals surface area contributed by atoms with Gasteiger partial charge in [0.15, 0.2) is 6.35 Å². The molecule has 12 nitrogen and oxygen atoms in total. The van der Waals surface area contributed by atoms with E-state index in [0.717, 1.165) is 54.5 Å². The van der Waals surface area contributed by atoms with Crippen molar-refractivity contribution in [2.45, 2.75) is 64.0 Å².